The van der Waals surface area contributed by atoms with E-state index in [1.165, 1.54) is 11.3 Å². The number of aryl methyl sites for hydroxylation is 1. The number of carbonyl (C=O) groups excluding carboxylic acids is 1. The number of thiophene rings is 1. The van der Waals surface area contributed by atoms with Crippen LogP contribution >= 0.6 is 22.7 Å². The number of rotatable bonds is 8. The average molecular weight is 436 g/mol. The predicted molar refractivity (Wildman–Crippen MR) is 115 cm³/mol. The number of thiazole rings is 1. The molecule has 1 aromatic carbocycles. The Balaban J connectivity index is 1.57. The Morgan fingerprint density at radius 1 is 1.21 bits per heavy atom. The third-order valence-electron chi connectivity index (χ3n) is 3.82. The first-order valence-electron chi connectivity index (χ1n) is 8.63. The molecule has 2 heterocycles. The van der Waals surface area contributed by atoms with E-state index in [9.17, 15) is 13.2 Å². The molecule has 9 heteroatoms. The topological polar surface area (TPSA) is 88.2 Å². The number of anilines is 1. The summed E-state index contributed by atoms with van der Waals surface area (Å²) in [5.41, 5.74) is 2.72. The number of amides is 1. The van der Waals surface area contributed by atoms with Gasteiger partial charge in [0.1, 0.15) is 5.01 Å². The highest BCUT2D eigenvalue weighted by molar-refractivity contribution is 7.88. The quantitative estimate of drug-likeness (QED) is 0.567. The molecule has 0 aliphatic heterocycles. The van der Waals surface area contributed by atoms with Crippen molar-refractivity contribution in [1.29, 1.82) is 0 Å². The molecule has 2 aromatic heterocycles. The first kappa shape index (κ1) is 20.7. The van der Waals surface area contributed by atoms with Crippen LogP contribution in [-0.2, 0) is 27.7 Å². The van der Waals surface area contributed by atoms with Crippen molar-refractivity contribution >= 4 is 44.3 Å². The summed E-state index contributed by atoms with van der Waals surface area (Å²) in [7, 11) is -3.17. The van der Waals surface area contributed by atoms with Gasteiger partial charge in [0.25, 0.3) is 0 Å². The predicted octanol–water partition coefficient (Wildman–Crippen LogP) is 3.45. The smallest absolute Gasteiger partial charge is 0.231 e. The van der Waals surface area contributed by atoms with E-state index >= 15 is 0 Å². The van der Waals surface area contributed by atoms with Crippen LogP contribution in [0.4, 0.5) is 5.69 Å². The number of sulfonamides is 1. The Labute approximate surface area is 172 Å². The zero-order chi connectivity index (χ0) is 20.1. The molecule has 28 heavy (non-hydrogen) atoms. The fraction of sp³-hybridized carbons (Fsp3) is 0.263. The number of nitrogens with one attached hydrogen (secondary N) is 2. The summed E-state index contributed by atoms with van der Waals surface area (Å²) in [6, 6.07) is 11.6. The zero-order valence-electron chi connectivity index (χ0n) is 15.6. The molecule has 0 fully saturated rings. The fourth-order valence-electron chi connectivity index (χ4n) is 2.58. The molecule has 0 aliphatic carbocycles. The molecule has 148 valence electrons. The van der Waals surface area contributed by atoms with E-state index in [0.717, 1.165) is 38.0 Å². The van der Waals surface area contributed by atoms with Crippen molar-refractivity contribution in [2.24, 2.45) is 0 Å². The number of aromatic nitrogens is 1. The van der Waals surface area contributed by atoms with Crippen molar-refractivity contribution in [3.05, 3.63) is 57.2 Å². The van der Waals surface area contributed by atoms with Crippen LogP contribution in [0.1, 0.15) is 15.4 Å². The van der Waals surface area contributed by atoms with Crippen molar-refractivity contribution in [2.75, 3.05) is 18.1 Å². The molecule has 1 amide bonds. The largest absolute Gasteiger partial charge is 0.326 e. The van der Waals surface area contributed by atoms with Crippen LogP contribution < -0.4 is 10.0 Å². The van der Waals surface area contributed by atoms with Crippen LogP contribution in [0.3, 0.4) is 0 Å². The number of benzene rings is 1. The minimum Gasteiger partial charge on any atom is -0.326 e. The highest BCUT2D eigenvalue weighted by Crippen LogP contribution is 2.29. The van der Waals surface area contributed by atoms with Gasteiger partial charge < -0.3 is 5.32 Å². The lowest BCUT2D eigenvalue weighted by atomic mass is 10.2. The molecular weight excluding hydrogens is 414 g/mol. The van der Waals surface area contributed by atoms with Gasteiger partial charge in [-0.05, 0) is 43.2 Å². The fourth-order valence-corrected chi connectivity index (χ4v) is 4.89. The number of hydrogen-bond donors (Lipinski definition) is 2. The van der Waals surface area contributed by atoms with Gasteiger partial charge >= 0.3 is 0 Å². The summed E-state index contributed by atoms with van der Waals surface area (Å²) in [6.07, 6.45) is 2.02. The Kier molecular flexibility index (Phi) is 6.61. The highest BCUT2D eigenvalue weighted by atomic mass is 32.2. The van der Waals surface area contributed by atoms with Crippen molar-refractivity contribution in [2.45, 2.75) is 19.8 Å². The number of hydrogen-bond acceptors (Lipinski definition) is 6. The van der Waals surface area contributed by atoms with E-state index in [2.05, 4.69) is 15.0 Å². The molecule has 0 bridgehead atoms. The molecule has 0 aliphatic rings. The van der Waals surface area contributed by atoms with Crippen LogP contribution in [0.25, 0.3) is 10.6 Å². The Hall–Kier alpha value is -2.07. The van der Waals surface area contributed by atoms with Crippen LogP contribution in [-0.4, -0.2) is 32.1 Å². The molecule has 0 spiro atoms. The van der Waals surface area contributed by atoms with Gasteiger partial charge in [-0.2, -0.15) is 0 Å². The third-order valence-corrected chi connectivity index (χ3v) is 6.56. The normalized spacial score (nSPS) is 11.5. The molecule has 0 radical (unpaired) electrons. The maximum absolute atomic E-state index is 12.2. The summed E-state index contributed by atoms with van der Waals surface area (Å²) >= 11 is 3.04. The van der Waals surface area contributed by atoms with E-state index < -0.39 is 10.0 Å². The van der Waals surface area contributed by atoms with E-state index in [4.69, 9.17) is 0 Å². The standard InChI is InChI=1S/C19H21N3O3S3/c1-13-4-3-5-14(10-13)21-18(23)11-19-22-16(12-26-19)17-7-6-15(27-17)8-9-20-28(2,24)25/h3-7,10,12,20H,8-9,11H2,1-2H3,(H,21,23). The number of nitrogens with zero attached hydrogens (tertiary/aromatic N) is 1. The summed E-state index contributed by atoms with van der Waals surface area (Å²) in [5, 5.41) is 5.60. The number of carbonyl (C=O) groups is 1. The van der Waals surface area contributed by atoms with Gasteiger partial charge in [0.05, 0.1) is 23.2 Å². The van der Waals surface area contributed by atoms with Crippen LogP contribution in [0.2, 0.25) is 0 Å². The molecule has 6 nitrogen and oxygen atoms in total. The van der Waals surface area contributed by atoms with Crippen molar-refractivity contribution in [1.82, 2.24) is 9.71 Å². The SMILES string of the molecule is Cc1cccc(NC(=O)Cc2nc(-c3ccc(CCNS(C)(=O)=O)s3)cs2)c1. The Morgan fingerprint density at radius 2 is 2.04 bits per heavy atom. The molecule has 0 atom stereocenters. The first-order chi connectivity index (χ1) is 13.3. The average Bonchev–Trinajstić information content (AvgIpc) is 3.23. The van der Waals surface area contributed by atoms with Gasteiger partial charge in [-0.3, -0.25) is 4.79 Å². The van der Waals surface area contributed by atoms with Crippen LogP contribution in [0, 0.1) is 6.92 Å². The van der Waals surface area contributed by atoms with E-state index in [1.807, 2.05) is 48.7 Å². The minimum atomic E-state index is -3.17. The summed E-state index contributed by atoms with van der Waals surface area (Å²) in [4.78, 5) is 18.9. The van der Waals surface area contributed by atoms with Crippen molar-refractivity contribution < 1.29 is 13.2 Å². The van der Waals surface area contributed by atoms with Crippen LogP contribution in [0.15, 0.2) is 41.8 Å². The van der Waals surface area contributed by atoms with Gasteiger partial charge in [0, 0.05) is 22.5 Å². The van der Waals surface area contributed by atoms with E-state index in [-0.39, 0.29) is 12.3 Å². The monoisotopic (exact) mass is 435 g/mol. The Morgan fingerprint density at radius 3 is 2.79 bits per heavy atom. The second-order valence-corrected chi connectivity index (χ2v) is 10.3. The molecule has 0 unspecified atom stereocenters. The Bertz CT molecular complexity index is 1070. The molecular formula is C19H21N3O3S3. The van der Waals surface area contributed by atoms with Crippen molar-refractivity contribution in [3.8, 4) is 10.6 Å². The lowest BCUT2D eigenvalue weighted by Gasteiger charge is -2.04. The van der Waals surface area contributed by atoms with Crippen molar-refractivity contribution in [3.63, 3.8) is 0 Å². The van der Waals surface area contributed by atoms with Gasteiger partial charge in [-0.25, -0.2) is 18.1 Å². The first-order valence-corrected chi connectivity index (χ1v) is 12.2. The maximum atomic E-state index is 12.2. The van der Waals surface area contributed by atoms with E-state index in [1.54, 1.807) is 11.3 Å². The highest BCUT2D eigenvalue weighted by Gasteiger charge is 2.11. The molecule has 2 N–H and O–H groups in total. The van der Waals surface area contributed by atoms with Crippen LogP contribution in [0.5, 0.6) is 0 Å². The van der Waals surface area contributed by atoms with Gasteiger partial charge in [0.2, 0.25) is 15.9 Å². The molecule has 0 saturated carbocycles. The maximum Gasteiger partial charge on any atom is 0.231 e. The summed E-state index contributed by atoms with van der Waals surface area (Å²) in [5.74, 6) is -0.0924. The molecule has 3 aromatic rings. The molecule has 3 rings (SSSR count). The second-order valence-electron chi connectivity index (χ2n) is 6.40. The van der Waals surface area contributed by atoms with Gasteiger partial charge in [-0.1, -0.05) is 12.1 Å². The zero-order valence-corrected chi connectivity index (χ0v) is 18.0. The summed E-state index contributed by atoms with van der Waals surface area (Å²) in [6.45, 7) is 2.36. The van der Waals surface area contributed by atoms with Gasteiger partial charge in [-0.15, -0.1) is 22.7 Å². The van der Waals surface area contributed by atoms with E-state index in [0.29, 0.717) is 13.0 Å². The van der Waals surface area contributed by atoms with Gasteiger partial charge in [0.15, 0.2) is 0 Å². The second kappa shape index (κ2) is 8.95. The lowest BCUT2D eigenvalue weighted by Crippen LogP contribution is -2.23. The molecule has 0 saturated heterocycles. The third kappa shape index (κ3) is 6.23. The summed E-state index contributed by atoms with van der Waals surface area (Å²) < 4.78 is 24.7. The lowest BCUT2D eigenvalue weighted by molar-refractivity contribution is -0.115. The minimum absolute atomic E-state index is 0.0924.